The van der Waals surface area contributed by atoms with E-state index in [-0.39, 0.29) is 0 Å². The molecule has 1 saturated heterocycles. The highest BCUT2D eigenvalue weighted by Gasteiger charge is 2.16. The lowest BCUT2D eigenvalue weighted by molar-refractivity contribution is 0.340. The molecule has 15 heavy (non-hydrogen) atoms. The van der Waals surface area contributed by atoms with Gasteiger partial charge in [0.25, 0.3) is 0 Å². The zero-order valence-electron chi connectivity index (χ0n) is 9.82. The maximum Gasteiger partial charge on any atom is 0.108 e. The molecule has 1 unspecified atom stereocenters. The van der Waals surface area contributed by atoms with Crippen LogP contribution in [0.5, 0.6) is 0 Å². The Morgan fingerprint density at radius 3 is 2.93 bits per heavy atom. The highest BCUT2D eigenvalue weighted by Crippen LogP contribution is 2.20. The molecule has 1 aromatic heterocycles. The maximum absolute atomic E-state index is 4.41. The van der Waals surface area contributed by atoms with Crippen molar-refractivity contribution in [1.82, 2.24) is 14.5 Å². The molecule has 0 aliphatic carbocycles. The summed E-state index contributed by atoms with van der Waals surface area (Å²) >= 11 is 0. The minimum atomic E-state index is 0.830. The monoisotopic (exact) mass is 207 g/mol. The van der Waals surface area contributed by atoms with Crippen LogP contribution in [0.15, 0.2) is 12.4 Å². The van der Waals surface area contributed by atoms with Crippen LogP contribution in [0.3, 0.4) is 0 Å². The van der Waals surface area contributed by atoms with E-state index in [1.807, 2.05) is 12.4 Å². The number of nitrogens with zero attached hydrogens (tertiary/aromatic N) is 3. The van der Waals surface area contributed by atoms with Crippen molar-refractivity contribution in [2.45, 2.75) is 25.7 Å². The number of hydrogen-bond donors (Lipinski definition) is 0. The van der Waals surface area contributed by atoms with E-state index < -0.39 is 0 Å². The van der Waals surface area contributed by atoms with Gasteiger partial charge in [-0.3, -0.25) is 0 Å². The average Bonchev–Trinajstić information content (AvgIpc) is 2.48. The lowest BCUT2D eigenvalue weighted by Crippen LogP contribution is -2.19. The van der Waals surface area contributed by atoms with E-state index in [4.69, 9.17) is 0 Å². The Morgan fingerprint density at radius 2 is 2.20 bits per heavy atom. The fraction of sp³-hybridized carbons (Fsp3) is 0.750. The second kappa shape index (κ2) is 4.79. The Balaban J connectivity index is 1.92. The van der Waals surface area contributed by atoms with E-state index in [1.54, 1.807) is 0 Å². The van der Waals surface area contributed by atoms with Crippen molar-refractivity contribution in [2.24, 2.45) is 13.0 Å². The first-order chi connectivity index (χ1) is 7.25. The van der Waals surface area contributed by atoms with Gasteiger partial charge in [-0.05, 0) is 45.3 Å². The summed E-state index contributed by atoms with van der Waals surface area (Å²) in [7, 11) is 4.31. The summed E-state index contributed by atoms with van der Waals surface area (Å²) in [6.45, 7) is 2.51. The fourth-order valence-corrected chi connectivity index (χ4v) is 2.36. The van der Waals surface area contributed by atoms with E-state index in [1.165, 1.54) is 38.2 Å². The number of hydrogen-bond acceptors (Lipinski definition) is 2. The Hall–Kier alpha value is -0.830. The molecule has 1 aromatic rings. The first-order valence-corrected chi connectivity index (χ1v) is 5.90. The molecule has 1 aliphatic rings. The Morgan fingerprint density at radius 1 is 1.33 bits per heavy atom. The van der Waals surface area contributed by atoms with Gasteiger partial charge in [0.05, 0.1) is 0 Å². The molecule has 0 amide bonds. The molecule has 1 fully saturated rings. The minimum absolute atomic E-state index is 0.830. The summed E-state index contributed by atoms with van der Waals surface area (Å²) < 4.78 is 2.15. The van der Waals surface area contributed by atoms with Gasteiger partial charge in [0.2, 0.25) is 0 Å². The first kappa shape index (κ1) is 10.7. The zero-order valence-corrected chi connectivity index (χ0v) is 9.82. The predicted molar refractivity (Wildman–Crippen MR) is 61.8 cm³/mol. The second-order valence-electron chi connectivity index (χ2n) is 4.76. The van der Waals surface area contributed by atoms with Crippen LogP contribution in [0.1, 0.15) is 25.1 Å². The third-order valence-corrected chi connectivity index (χ3v) is 3.46. The Bertz CT molecular complexity index is 306. The van der Waals surface area contributed by atoms with Gasteiger partial charge in [-0.15, -0.1) is 0 Å². The van der Waals surface area contributed by atoms with Gasteiger partial charge in [-0.1, -0.05) is 0 Å². The topological polar surface area (TPSA) is 21.1 Å². The van der Waals surface area contributed by atoms with Crippen LogP contribution >= 0.6 is 0 Å². The molecule has 0 N–H and O–H groups in total. The maximum atomic E-state index is 4.41. The standard InChI is InChI=1S/C12H21N3/c1-14-7-3-4-11(5-8-14)10-12-13-6-9-15(12)2/h6,9,11H,3-5,7-8,10H2,1-2H3. The van der Waals surface area contributed by atoms with Gasteiger partial charge in [0.15, 0.2) is 0 Å². The molecule has 84 valence electrons. The summed E-state index contributed by atoms with van der Waals surface area (Å²) in [6, 6.07) is 0. The van der Waals surface area contributed by atoms with Gasteiger partial charge >= 0.3 is 0 Å². The lowest BCUT2D eigenvalue weighted by Gasteiger charge is -2.14. The highest BCUT2D eigenvalue weighted by atomic mass is 15.1. The number of aromatic nitrogens is 2. The number of likely N-dealkylation sites (tertiary alicyclic amines) is 1. The van der Waals surface area contributed by atoms with E-state index >= 15 is 0 Å². The lowest BCUT2D eigenvalue weighted by atomic mass is 9.96. The van der Waals surface area contributed by atoms with Crippen molar-refractivity contribution in [1.29, 1.82) is 0 Å². The molecule has 1 atom stereocenters. The van der Waals surface area contributed by atoms with Gasteiger partial charge in [-0.25, -0.2) is 4.98 Å². The molecule has 0 saturated carbocycles. The van der Waals surface area contributed by atoms with Crippen LogP contribution in [-0.4, -0.2) is 34.6 Å². The fourth-order valence-electron chi connectivity index (χ4n) is 2.36. The summed E-state index contributed by atoms with van der Waals surface area (Å²) in [4.78, 5) is 6.85. The van der Waals surface area contributed by atoms with Crippen molar-refractivity contribution in [3.63, 3.8) is 0 Å². The first-order valence-electron chi connectivity index (χ1n) is 5.90. The molecule has 0 radical (unpaired) electrons. The molecule has 3 heteroatoms. The van der Waals surface area contributed by atoms with E-state index in [2.05, 4.69) is 28.5 Å². The van der Waals surface area contributed by atoms with Gasteiger partial charge < -0.3 is 9.47 Å². The smallest absolute Gasteiger partial charge is 0.108 e. The molecular formula is C12H21N3. The molecule has 0 aromatic carbocycles. The number of imidazole rings is 1. The Labute approximate surface area is 92.1 Å². The third kappa shape index (κ3) is 2.81. The van der Waals surface area contributed by atoms with Crippen molar-refractivity contribution < 1.29 is 0 Å². The predicted octanol–water partition coefficient (Wildman–Crippen LogP) is 1.69. The number of rotatable bonds is 2. The van der Waals surface area contributed by atoms with Gasteiger partial charge in [-0.2, -0.15) is 0 Å². The van der Waals surface area contributed by atoms with Crippen molar-refractivity contribution in [3.05, 3.63) is 18.2 Å². The van der Waals surface area contributed by atoms with Gasteiger partial charge in [0.1, 0.15) is 5.82 Å². The summed E-state index contributed by atoms with van der Waals surface area (Å²) in [6.07, 6.45) is 9.11. The average molecular weight is 207 g/mol. The van der Waals surface area contributed by atoms with Crippen LogP contribution in [0.25, 0.3) is 0 Å². The molecular weight excluding hydrogens is 186 g/mol. The normalized spacial score (nSPS) is 24.0. The SMILES string of the molecule is CN1CCCC(Cc2nccn2C)CC1. The second-order valence-corrected chi connectivity index (χ2v) is 4.76. The van der Waals surface area contributed by atoms with Crippen LogP contribution < -0.4 is 0 Å². The van der Waals surface area contributed by atoms with Crippen molar-refractivity contribution in [3.8, 4) is 0 Å². The highest BCUT2D eigenvalue weighted by molar-refractivity contribution is 4.93. The van der Waals surface area contributed by atoms with Crippen LogP contribution in [0.2, 0.25) is 0 Å². The van der Waals surface area contributed by atoms with Crippen molar-refractivity contribution in [2.75, 3.05) is 20.1 Å². The summed E-state index contributed by atoms with van der Waals surface area (Å²) in [5.74, 6) is 2.07. The quantitative estimate of drug-likeness (QED) is 0.736. The van der Waals surface area contributed by atoms with Crippen LogP contribution in [-0.2, 0) is 13.5 Å². The molecule has 1 aliphatic heterocycles. The number of aryl methyl sites for hydroxylation is 1. The molecule has 0 bridgehead atoms. The molecule has 2 rings (SSSR count). The third-order valence-electron chi connectivity index (χ3n) is 3.46. The van der Waals surface area contributed by atoms with E-state index in [0.717, 1.165) is 12.3 Å². The summed E-state index contributed by atoms with van der Waals surface area (Å²) in [5.41, 5.74) is 0. The minimum Gasteiger partial charge on any atom is -0.338 e. The van der Waals surface area contributed by atoms with Crippen LogP contribution in [0.4, 0.5) is 0 Å². The molecule has 3 nitrogen and oxygen atoms in total. The van der Waals surface area contributed by atoms with E-state index in [0.29, 0.717) is 0 Å². The largest absolute Gasteiger partial charge is 0.338 e. The van der Waals surface area contributed by atoms with Crippen molar-refractivity contribution >= 4 is 0 Å². The van der Waals surface area contributed by atoms with Gasteiger partial charge in [0, 0.05) is 25.9 Å². The van der Waals surface area contributed by atoms with E-state index in [9.17, 15) is 0 Å². The summed E-state index contributed by atoms with van der Waals surface area (Å²) in [5, 5.41) is 0. The molecule has 0 spiro atoms. The van der Waals surface area contributed by atoms with Crippen LogP contribution in [0, 0.1) is 5.92 Å². The zero-order chi connectivity index (χ0) is 10.7. The Kier molecular flexibility index (Phi) is 3.41. The molecule has 2 heterocycles.